The summed E-state index contributed by atoms with van der Waals surface area (Å²) in [5, 5.41) is 0. The monoisotopic (exact) mass is 264 g/mol. The number of halogens is 5. The zero-order valence-corrected chi connectivity index (χ0v) is 9.50. The lowest BCUT2D eigenvalue weighted by Gasteiger charge is -2.19. The predicted octanol–water partition coefficient (Wildman–Crippen LogP) is 3.23. The lowest BCUT2D eigenvalue weighted by Crippen LogP contribution is -2.32. The number of carbonyl (C=O) groups is 1. The van der Waals surface area contributed by atoms with Crippen molar-refractivity contribution in [1.29, 1.82) is 0 Å². The fourth-order valence-electron chi connectivity index (χ4n) is 0.742. The van der Waals surface area contributed by atoms with Gasteiger partial charge in [-0.25, -0.2) is 0 Å². The smallest absolute Gasteiger partial charge is 0.425 e. The Morgan fingerprint density at radius 3 is 2.20 bits per heavy atom. The van der Waals surface area contributed by atoms with Gasteiger partial charge in [-0.1, -0.05) is 28.8 Å². The van der Waals surface area contributed by atoms with Crippen molar-refractivity contribution >= 4 is 29.2 Å². The maximum absolute atomic E-state index is 12.2. The summed E-state index contributed by atoms with van der Waals surface area (Å²) < 4.78 is 37.9. The van der Waals surface area contributed by atoms with E-state index in [1.807, 2.05) is 0 Å². The highest BCUT2D eigenvalue weighted by molar-refractivity contribution is 6.50. The van der Waals surface area contributed by atoms with Crippen molar-refractivity contribution in [3.8, 4) is 0 Å². The molecule has 7 heteroatoms. The molecule has 0 saturated carbocycles. The molecule has 0 radical (unpaired) electrons. The Kier molecular flexibility index (Phi) is 4.93. The minimum Gasteiger partial charge on any atom is -0.469 e. The molecule has 2 nitrogen and oxygen atoms in total. The summed E-state index contributed by atoms with van der Waals surface area (Å²) in [5.74, 6) is -0.657. The van der Waals surface area contributed by atoms with Gasteiger partial charge in [0.1, 0.15) is 0 Å². The summed E-state index contributed by atoms with van der Waals surface area (Å²) in [6, 6.07) is 0. The van der Waals surface area contributed by atoms with E-state index >= 15 is 0 Å². The van der Waals surface area contributed by atoms with Crippen LogP contribution in [0.1, 0.15) is 13.3 Å². The number of ether oxygens (including phenoxy) is 1. The van der Waals surface area contributed by atoms with Crippen LogP contribution in [0.5, 0.6) is 0 Å². The summed E-state index contributed by atoms with van der Waals surface area (Å²) in [5.41, 5.74) is 0.0872. The standard InChI is InChI=1S/C8H9Cl2F3O2/c1-5(3-6(14)15-2)4-7(9,10)8(11,12)13/h4H,3H2,1-2H3. The lowest BCUT2D eigenvalue weighted by molar-refractivity contribution is -0.140. The first kappa shape index (κ1) is 14.6. The molecule has 0 spiro atoms. The Hall–Kier alpha value is -0.420. The number of alkyl halides is 5. The van der Waals surface area contributed by atoms with Crippen LogP contribution in [0.15, 0.2) is 11.6 Å². The van der Waals surface area contributed by atoms with Gasteiger partial charge in [-0.05, 0) is 13.0 Å². The molecule has 0 aromatic rings. The van der Waals surface area contributed by atoms with Crippen molar-refractivity contribution in [2.45, 2.75) is 23.9 Å². The number of hydrogen-bond donors (Lipinski definition) is 0. The number of hydrogen-bond acceptors (Lipinski definition) is 2. The number of rotatable bonds is 3. The van der Waals surface area contributed by atoms with E-state index in [1.165, 1.54) is 6.92 Å². The minimum atomic E-state index is -4.78. The highest BCUT2D eigenvalue weighted by atomic mass is 35.5. The van der Waals surface area contributed by atoms with E-state index in [4.69, 9.17) is 23.2 Å². The Balaban J connectivity index is 4.67. The predicted molar refractivity (Wildman–Crippen MR) is 50.9 cm³/mol. The number of methoxy groups -OCH3 is 1. The third kappa shape index (κ3) is 4.75. The second-order valence-corrected chi connectivity index (χ2v) is 4.25. The average molecular weight is 265 g/mol. The van der Waals surface area contributed by atoms with Crippen LogP contribution in [0.2, 0.25) is 0 Å². The normalized spacial score (nSPS) is 13.9. The molecule has 0 aliphatic heterocycles. The highest BCUT2D eigenvalue weighted by Crippen LogP contribution is 2.41. The van der Waals surface area contributed by atoms with Crippen LogP contribution in [0.4, 0.5) is 13.2 Å². The zero-order chi connectivity index (χ0) is 12.3. The first-order valence-electron chi connectivity index (χ1n) is 3.80. The van der Waals surface area contributed by atoms with Crippen LogP contribution in [0, 0.1) is 0 Å². The largest absolute Gasteiger partial charge is 0.469 e. The molecule has 0 unspecified atom stereocenters. The topological polar surface area (TPSA) is 26.3 Å². The van der Waals surface area contributed by atoms with Crippen LogP contribution >= 0.6 is 23.2 Å². The summed E-state index contributed by atoms with van der Waals surface area (Å²) in [4.78, 5) is 10.7. The van der Waals surface area contributed by atoms with Crippen molar-refractivity contribution in [1.82, 2.24) is 0 Å². The lowest BCUT2D eigenvalue weighted by atomic mass is 10.2. The Morgan fingerprint density at radius 2 is 1.87 bits per heavy atom. The summed E-state index contributed by atoms with van der Waals surface area (Å²) in [6.45, 7) is 1.31. The zero-order valence-electron chi connectivity index (χ0n) is 7.99. The van der Waals surface area contributed by atoms with Crippen LogP contribution in [0.3, 0.4) is 0 Å². The average Bonchev–Trinajstić information content (AvgIpc) is 2.00. The van der Waals surface area contributed by atoms with Crippen molar-refractivity contribution in [2.24, 2.45) is 0 Å². The first-order valence-corrected chi connectivity index (χ1v) is 4.55. The van der Waals surface area contributed by atoms with Crippen molar-refractivity contribution in [3.63, 3.8) is 0 Å². The number of esters is 1. The molecule has 0 aliphatic carbocycles. The molecule has 0 amide bonds. The van der Waals surface area contributed by atoms with E-state index in [9.17, 15) is 18.0 Å². The van der Waals surface area contributed by atoms with E-state index in [1.54, 1.807) is 0 Å². The molecule has 0 saturated heterocycles. The van der Waals surface area contributed by atoms with Gasteiger partial charge >= 0.3 is 12.1 Å². The van der Waals surface area contributed by atoms with Gasteiger partial charge in [-0.15, -0.1) is 0 Å². The molecule has 15 heavy (non-hydrogen) atoms. The Bertz CT molecular complexity index is 272. The van der Waals surface area contributed by atoms with Crippen LogP contribution in [-0.4, -0.2) is 23.6 Å². The number of carbonyl (C=O) groups excluding carboxylic acids is 1. The van der Waals surface area contributed by atoms with Gasteiger partial charge in [0, 0.05) is 0 Å². The summed E-state index contributed by atoms with van der Waals surface area (Å²) in [6.07, 6.45) is -4.49. The van der Waals surface area contributed by atoms with Gasteiger partial charge in [-0.3, -0.25) is 4.79 Å². The second-order valence-electron chi connectivity index (χ2n) is 2.86. The van der Waals surface area contributed by atoms with Gasteiger partial charge in [0.15, 0.2) is 0 Å². The molecule has 0 aromatic heterocycles. The van der Waals surface area contributed by atoms with E-state index < -0.39 is 16.5 Å². The molecule has 0 N–H and O–H groups in total. The van der Waals surface area contributed by atoms with E-state index in [-0.39, 0.29) is 12.0 Å². The van der Waals surface area contributed by atoms with Gasteiger partial charge in [0.25, 0.3) is 0 Å². The Morgan fingerprint density at radius 1 is 1.40 bits per heavy atom. The van der Waals surface area contributed by atoms with E-state index in [0.29, 0.717) is 6.08 Å². The SMILES string of the molecule is COC(=O)CC(C)=CC(Cl)(Cl)C(F)(F)F. The van der Waals surface area contributed by atoms with Crippen LogP contribution in [-0.2, 0) is 9.53 Å². The molecule has 0 fully saturated rings. The molecular weight excluding hydrogens is 256 g/mol. The molecule has 0 rings (SSSR count). The van der Waals surface area contributed by atoms with Crippen LogP contribution < -0.4 is 0 Å². The molecule has 0 aliphatic rings. The third-order valence-corrected chi connectivity index (χ3v) is 2.10. The Labute approximate surface area is 95.0 Å². The highest BCUT2D eigenvalue weighted by Gasteiger charge is 2.51. The fourth-order valence-corrected chi connectivity index (χ4v) is 1.11. The minimum absolute atomic E-state index is 0.0872. The summed E-state index contributed by atoms with van der Waals surface area (Å²) >= 11 is 10.1. The molecule has 0 aromatic carbocycles. The molecule has 0 atom stereocenters. The molecule has 0 heterocycles. The maximum atomic E-state index is 12.2. The quantitative estimate of drug-likeness (QED) is 0.445. The van der Waals surface area contributed by atoms with Crippen molar-refractivity contribution in [2.75, 3.05) is 7.11 Å². The molecular formula is C8H9Cl2F3O2. The van der Waals surface area contributed by atoms with Gasteiger partial charge in [-0.2, -0.15) is 13.2 Å². The first-order chi connectivity index (χ1) is 6.60. The van der Waals surface area contributed by atoms with Gasteiger partial charge in [0.2, 0.25) is 4.33 Å². The molecule has 0 bridgehead atoms. The third-order valence-electron chi connectivity index (χ3n) is 1.46. The van der Waals surface area contributed by atoms with Crippen molar-refractivity contribution in [3.05, 3.63) is 11.6 Å². The van der Waals surface area contributed by atoms with E-state index in [2.05, 4.69) is 4.74 Å². The molecule has 88 valence electrons. The number of allylic oxidation sites excluding steroid dienone is 1. The van der Waals surface area contributed by atoms with Crippen molar-refractivity contribution < 1.29 is 22.7 Å². The maximum Gasteiger partial charge on any atom is 0.425 e. The van der Waals surface area contributed by atoms with E-state index in [0.717, 1.165) is 7.11 Å². The second kappa shape index (κ2) is 5.07. The van der Waals surface area contributed by atoms with Gasteiger partial charge in [0.05, 0.1) is 13.5 Å². The van der Waals surface area contributed by atoms with Gasteiger partial charge < -0.3 is 4.74 Å². The van der Waals surface area contributed by atoms with Crippen LogP contribution in [0.25, 0.3) is 0 Å². The fraction of sp³-hybridized carbons (Fsp3) is 0.625. The summed E-state index contributed by atoms with van der Waals surface area (Å²) in [7, 11) is 1.13.